The van der Waals surface area contributed by atoms with E-state index >= 15 is 0 Å². The molecule has 3 heteroatoms. The maximum Gasteiger partial charge on any atom is -0.870 e. The molecule has 1 aromatic rings. The standard InChI is InChI=1S/C12H17B.2H2O/c1-10(2)4-3-5-11-6-8-12(13)9-7-11;;/h6-10H,3-5H2,1-2H3;2*1H2/q+2;;/p-2. The summed E-state index contributed by atoms with van der Waals surface area (Å²) < 4.78 is 0. The molecule has 0 saturated heterocycles. The van der Waals surface area contributed by atoms with Gasteiger partial charge < -0.3 is 11.0 Å². The molecule has 0 atom stereocenters. The van der Waals surface area contributed by atoms with Crippen LogP contribution in [0, 0.1) is 5.92 Å². The number of aryl methyl sites for hydroxylation is 1. The fourth-order valence-corrected chi connectivity index (χ4v) is 1.40. The summed E-state index contributed by atoms with van der Waals surface area (Å²) in [7, 11) is 5.60. The molecule has 2 N–H and O–H groups in total. The van der Waals surface area contributed by atoms with Crippen LogP contribution in [0.1, 0.15) is 32.3 Å². The van der Waals surface area contributed by atoms with Gasteiger partial charge in [0.2, 0.25) is 0 Å². The Morgan fingerprint density at radius 1 is 1.07 bits per heavy atom. The van der Waals surface area contributed by atoms with Crippen molar-refractivity contribution in [3.8, 4) is 0 Å². The Kier molecular flexibility index (Phi) is 9.43. The SMILES string of the molecule is [B+2]c1ccc(CCCC(C)C)cc1.[OH-].[OH-]. The average Bonchev–Trinajstić information content (AvgIpc) is 2.08. The van der Waals surface area contributed by atoms with E-state index in [9.17, 15) is 0 Å². The molecule has 0 saturated carbocycles. The molecule has 0 aromatic heterocycles. The number of benzene rings is 1. The van der Waals surface area contributed by atoms with Gasteiger partial charge in [0.1, 0.15) is 0 Å². The topological polar surface area (TPSA) is 60.0 Å². The second-order valence-electron chi connectivity index (χ2n) is 4.03. The van der Waals surface area contributed by atoms with E-state index in [-0.39, 0.29) is 11.0 Å². The predicted molar refractivity (Wildman–Crippen MR) is 63.5 cm³/mol. The van der Waals surface area contributed by atoms with E-state index in [1.165, 1.54) is 24.8 Å². The fourth-order valence-electron chi connectivity index (χ4n) is 1.40. The van der Waals surface area contributed by atoms with Crippen LogP contribution in [0.4, 0.5) is 0 Å². The molecule has 0 heterocycles. The molecule has 0 radical (unpaired) electrons. The van der Waals surface area contributed by atoms with Crippen LogP contribution in [0.25, 0.3) is 0 Å². The summed E-state index contributed by atoms with van der Waals surface area (Å²) in [4.78, 5) is 0. The van der Waals surface area contributed by atoms with Crippen molar-refractivity contribution in [1.82, 2.24) is 0 Å². The summed E-state index contributed by atoms with van der Waals surface area (Å²) >= 11 is 0. The van der Waals surface area contributed by atoms with Gasteiger partial charge in [0.05, 0.1) is 0 Å². The van der Waals surface area contributed by atoms with Gasteiger partial charge in [0.25, 0.3) is 0 Å². The smallest absolute Gasteiger partial charge is 0.870 e. The van der Waals surface area contributed by atoms with Crippen molar-refractivity contribution in [3.05, 3.63) is 29.8 Å². The van der Waals surface area contributed by atoms with Crippen molar-refractivity contribution in [2.24, 2.45) is 5.92 Å². The maximum absolute atomic E-state index is 5.60. The van der Waals surface area contributed by atoms with Gasteiger partial charge in [0.15, 0.2) is 0 Å². The van der Waals surface area contributed by atoms with Crippen molar-refractivity contribution in [2.75, 3.05) is 0 Å². The Labute approximate surface area is 93.7 Å². The first-order valence-electron chi connectivity index (χ1n) is 5.03. The molecule has 1 rings (SSSR count). The molecule has 1 aromatic carbocycles. The van der Waals surface area contributed by atoms with Crippen LogP contribution < -0.4 is 5.46 Å². The first-order chi connectivity index (χ1) is 6.18. The summed E-state index contributed by atoms with van der Waals surface area (Å²) in [6.45, 7) is 4.53. The Morgan fingerprint density at radius 2 is 1.60 bits per heavy atom. The summed E-state index contributed by atoms with van der Waals surface area (Å²) in [5.74, 6) is 0.814. The first kappa shape index (κ1) is 16.6. The van der Waals surface area contributed by atoms with Crippen LogP contribution in [-0.2, 0) is 6.42 Å². The molecule has 0 spiro atoms. The van der Waals surface area contributed by atoms with E-state index in [0.717, 1.165) is 11.4 Å². The zero-order valence-corrected chi connectivity index (χ0v) is 9.48. The van der Waals surface area contributed by atoms with Gasteiger partial charge in [-0.25, -0.2) is 0 Å². The minimum absolute atomic E-state index is 0. The molecule has 0 bridgehead atoms. The Bertz CT molecular complexity index is 244. The third kappa shape index (κ3) is 7.17. The number of hydrogen-bond donors (Lipinski definition) is 0. The van der Waals surface area contributed by atoms with Crippen molar-refractivity contribution in [1.29, 1.82) is 0 Å². The van der Waals surface area contributed by atoms with Gasteiger partial charge in [-0.3, -0.25) is 0 Å². The van der Waals surface area contributed by atoms with Crippen LogP contribution >= 0.6 is 0 Å². The molecule has 0 aliphatic carbocycles. The molecule has 0 unspecified atom stereocenters. The van der Waals surface area contributed by atoms with Crippen LogP contribution in [0.3, 0.4) is 0 Å². The molecule has 2 nitrogen and oxygen atoms in total. The summed E-state index contributed by atoms with van der Waals surface area (Å²) in [5, 5.41) is 0. The fraction of sp³-hybridized carbons (Fsp3) is 0.500. The normalized spacial score (nSPS) is 9.40. The number of rotatable bonds is 4. The molecule has 0 aliphatic rings. The monoisotopic (exact) mass is 206 g/mol. The predicted octanol–water partition coefficient (Wildman–Crippen LogP) is 2.11. The molecule has 0 fully saturated rings. The van der Waals surface area contributed by atoms with E-state index in [1.54, 1.807) is 0 Å². The van der Waals surface area contributed by atoms with Crippen LogP contribution in [-0.4, -0.2) is 18.8 Å². The Morgan fingerprint density at radius 3 is 2.07 bits per heavy atom. The van der Waals surface area contributed by atoms with E-state index < -0.39 is 0 Å². The molecule has 0 amide bonds. The molecule has 0 aliphatic heterocycles. The van der Waals surface area contributed by atoms with Gasteiger partial charge in [-0.1, -0.05) is 0 Å². The molecule has 82 valence electrons. The van der Waals surface area contributed by atoms with Crippen LogP contribution in [0.5, 0.6) is 0 Å². The zero-order valence-electron chi connectivity index (χ0n) is 9.48. The van der Waals surface area contributed by atoms with E-state index in [1.807, 2.05) is 12.1 Å². The van der Waals surface area contributed by atoms with Gasteiger partial charge in [0, 0.05) is 0 Å². The Hall–Kier alpha value is -0.795. The zero-order chi connectivity index (χ0) is 9.68. The Balaban J connectivity index is 0. The molecular formula is C12H19BO2. The van der Waals surface area contributed by atoms with Gasteiger partial charge in [-0.05, 0) is 0 Å². The van der Waals surface area contributed by atoms with Crippen molar-refractivity contribution in [3.63, 3.8) is 0 Å². The minimum Gasteiger partial charge on any atom is -0.870 e. The minimum atomic E-state index is 0. The van der Waals surface area contributed by atoms with Gasteiger partial charge >= 0.3 is 82.2 Å². The first-order valence-corrected chi connectivity index (χ1v) is 5.03. The van der Waals surface area contributed by atoms with Crippen molar-refractivity contribution < 1.29 is 11.0 Å². The van der Waals surface area contributed by atoms with Crippen LogP contribution in [0.15, 0.2) is 24.3 Å². The average molecular weight is 206 g/mol. The van der Waals surface area contributed by atoms with Crippen molar-refractivity contribution >= 4 is 13.3 Å². The largest absolute Gasteiger partial charge is 0.870 e. The molecule has 15 heavy (non-hydrogen) atoms. The van der Waals surface area contributed by atoms with E-state index in [4.69, 9.17) is 7.85 Å². The quantitative estimate of drug-likeness (QED) is 0.708. The second-order valence-corrected chi connectivity index (χ2v) is 4.03. The van der Waals surface area contributed by atoms with Gasteiger partial charge in [-0.2, -0.15) is 0 Å². The summed E-state index contributed by atoms with van der Waals surface area (Å²) in [6, 6.07) is 8.20. The van der Waals surface area contributed by atoms with E-state index in [0.29, 0.717) is 0 Å². The van der Waals surface area contributed by atoms with E-state index in [2.05, 4.69) is 26.0 Å². The number of hydrogen-bond acceptors (Lipinski definition) is 2. The van der Waals surface area contributed by atoms with Gasteiger partial charge in [-0.15, -0.1) is 0 Å². The third-order valence-electron chi connectivity index (χ3n) is 2.23. The third-order valence-corrected chi connectivity index (χ3v) is 2.23. The van der Waals surface area contributed by atoms with Crippen LogP contribution in [0.2, 0.25) is 0 Å². The summed E-state index contributed by atoms with van der Waals surface area (Å²) in [5.41, 5.74) is 2.25. The second kappa shape index (κ2) is 8.51. The summed E-state index contributed by atoms with van der Waals surface area (Å²) in [6.07, 6.45) is 3.77. The molecular weight excluding hydrogens is 187 g/mol. The van der Waals surface area contributed by atoms with Crippen molar-refractivity contribution in [2.45, 2.75) is 33.1 Å². The maximum atomic E-state index is 5.60.